The number of benzene rings is 2. The van der Waals surface area contributed by atoms with Crippen LogP contribution in [0.3, 0.4) is 0 Å². The van der Waals surface area contributed by atoms with E-state index in [1.165, 1.54) is 5.56 Å². The zero-order valence-corrected chi connectivity index (χ0v) is 22.4. The predicted octanol–water partition coefficient (Wildman–Crippen LogP) is 3.52. The molecule has 204 valence electrons. The van der Waals surface area contributed by atoms with E-state index in [-0.39, 0.29) is 17.4 Å². The van der Waals surface area contributed by atoms with Gasteiger partial charge in [-0.2, -0.15) is 0 Å². The Morgan fingerprint density at radius 3 is 2.62 bits per heavy atom. The Balaban J connectivity index is 1.51. The number of aryl methyl sites for hydroxylation is 2. The maximum atomic E-state index is 13.5. The van der Waals surface area contributed by atoms with Crippen LogP contribution in [0.15, 0.2) is 59.4 Å². The Hall–Kier alpha value is -4.05. The largest absolute Gasteiger partial charge is 0.494 e. The zero-order valence-electron chi connectivity index (χ0n) is 22.4. The number of pyridine rings is 1. The highest BCUT2D eigenvalue weighted by Crippen LogP contribution is 2.32. The summed E-state index contributed by atoms with van der Waals surface area (Å²) in [5.74, 6) is 1.03. The lowest BCUT2D eigenvalue weighted by molar-refractivity contribution is -0.149. The molecule has 1 aliphatic heterocycles. The number of H-pyrrole nitrogens is 1. The van der Waals surface area contributed by atoms with Gasteiger partial charge in [0.05, 0.1) is 19.1 Å². The fraction of sp³-hybridized carbons (Fsp3) is 0.414. The second kappa shape index (κ2) is 12.2. The van der Waals surface area contributed by atoms with Gasteiger partial charge in [-0.15, -0.1) is 5.10 Å². The van der Waals surface area contributed by atoms with Crippen molar-refractivity contribution in [3.63, 3.8) is 0 Å². The number of aromatic amines is 1. The van der Waals surface area contributed by atoms with Crippen molar-refractivity contribution in [2.75, 3.05) is 26.3 Å². The molecule has 5 rings (SSSR count). The maximum absolute atomic E-state index is 13.5. The number of aromatic nitrogens is 5. The Labute approximate surface area is 226 Å². The number of carbonyl (C=O) groups excluding carboxylic acids is 1. The van der Waals surface area contributed by atoms with Gasteiger partial charge in [0.15, 0.2) is 5.82 Å². The average Bonchev–Trinajstić information content (AvgIpc) is 3.42. The number of piperidine rings is 1. The average molecular weight is 531 g/mol. The van der Waals surface area contributed by atoms with Crippen molar-refractivity contribution in [2.24, 2.45) is 5.92 Å². The van der Waals surface area contributed by atoms with E-state index in [1.807, 2.05) is 56.3 Å². The zero-order chi connectivity index (χ0) is 27.2. The number of likely N-dealkylation sites (tertiary alicyclic amines) is 1. The number of carbonyl (C=O) groups is 1. The van der Waals surface area contributed by atoms with Gasteiger partial charge < -0.3 is 14.5 Å². The molecule has 0 bridgehead atoms. The van der Waals surface area contributed by atoms with Crippen molar-refractivity contribution >= 4 is 16.9 Å². The van der Waals surface area contributed by atoms with Crippen LogP contribution in [0.2, 0.25) is 0 Å². The number of ether oxygens (including phenoxy) is 2. The van der Waals surface area contributed by atoms with Crippen LogP contribution < -0.4 is 10.3 Å². The molecule has 0 amide bonds. The lowest BCUT2D eigenvalue weighted by atomic mass is 9.94. The molecule has 1 N–H and O–H groups in total. The minimum atomic E-state index is -0.484. The molecule has 0 aliphatic carbocycles. The van der Waals surface area contributed by atoms with E-state index >= 15 is 0 Å². The standard InChI is InChI=1S/C29H34N6O4/c1-3-38-23-10-11-25-22(18-23)19-24(28(36)30-25)26(34-15-13-21(14-16-34)29(37)39-4-2)27-31-32-33-35(27)17-12-20-8-6-5-7-9-20/h5-11,18-19,21,26H,3-4,12-17H2,1-2H3,(H,30,36)/t26-/m0/s1. The molecule has 2 aromatic heterocycles. The summed E-state index contributed by atoms with van der Waals surface area (Å²) in [4.78, 5) is 31.1. The quantitative estimate of drug-likeness (QED) is 0.310. The molecule has 0 radical (unpaired) electrons. The van der Waals surface area contributed by atoms with Crippen molar-refractivity contribution in [1.29, 1.82) is 0 Å². The van der Waals surface area contributed by atoms with E-state index in [4.69, 9.17) is 9.47 Å². The summed E-state index contributed by atoms with van der Waals surface area (Å²) in [6.07, 6.45) is 2.03. The van der Waals surface area contributed by atoms with Gasteiger partial charge >= 0.3 is 5.97 Å². The third kappa shape index (κ3) is 6.01. The molecule has 1 atom stereocenters. The number of tetrazole rings is 1. The first-order chi connectivity index (χ1) is 19.1. The molecule has 0 saturated carbocycles. The molecule has 10 heteroatoms. The van der Waals surface area contributed by atoms with Crippen molar-refractivity contribution in [3.05, 3.63) is 81.9 Å². The van der Waals surface area contributed by atoms with E-state index in [0.29, 0.717) is 57.1 Å². The third-order valence-electron chi connectivity index (χ3n) is 7.22. The van der Waals surface area contributed by atoms with Crippen LogP contribution in [-0.4, -0.2) is 62.4 Å². The lowest BCUT2D eigenvalue weighted by Gasteiger charge is -2.36. The summed E-state index contributed by atoms with van der Waals surface area (Å²) < 4.78 is 12.7. The fourth-order valence-corrected chi connectivity index (χ4v) is 5.26. The molecular weight excluding hydrogens is 496 g/mol. The Kier molecular flexibility index (Phi) is 8.31. The highest BCUT2D eigenvalue weighted by atomic mass is 16.5. The molecule has 0 unspecified atom stereocenters. The van der Waals surface area contributed by atoms with Crippen LogP contribution in [0.1, 0.15) is 49.7 Å². The van der Waals surface area contributed by atoms with Crippen LogP contribution in [-0.2, 0) is 22.5 Å². The van der Waals surface area contributed by atoms with Crippen LogP contribution in [0.5, 0.6) is 5.75 Å². The summed E-state index contributed by atoms with van der Waals surface area (Å²) in [6, 6.07) is 17.2. The van der Waals surface area contributed by atoms with Crippen LogP contribution in [0, 0.1) is 5.92 Å². The Morgan fingerprint density at radius 2 is 1.87 bits per heavy atom. The molecule has 1 aliphatic rings. The van der Waals surface area contributed by atoms with E-state index < -0.39 is 6.04 Å². The fourth-order valence-electron chi connectivity index (χ4n) is 5.26. The highest BCUT2D eigenvalue weighted by molar-refractivity contribution is 5.80. The molecule has 3 heterocycles. The van der Waals surface area contributed by atoms with Crippen molar-refractivity contribution in [3.8, 4) is 5.75 Å². The molecule has 1 saturated heterocycles. The number of hydrogen-bond acceptors (Lipinski definition) is 8. The number of nitrogens with zero attached hydrogens (tertiary/aromatic N) is 5. The molecule has 4 aromatic rings. The van der Waals surface area contributed by atoms with Crippen LogP contribution >= 0.6 is 0 Å². The van der Waals surface area contributed by atoms with Gasteiger partial charge in [-0.1, -0.05) is 30.3 Å². The topological polar surface area (TPSA) is 115 Å². The van der Waals surface area contributed by atoms with Gasteiger partial charge in [-0.3, -0.25) is 14.5 Å². The molecule has 10 nitrogen and oxygen atoms in total. The predicted molar refractivity (Wildman–Crippen MR) is 146 cm³/mol. The first-order valence-corrected chi connectivity index (χ1v) is 13.6. The SMILES string of the molecule is CCOC(=O)C1CCN([C@@H](c2cc3cc(OCC)ccc3[nH]c2=O)c2nnnn2CCc2ccccc2)CC1. The Morgan fingerprint density at radius 1 is 1.08 bits per heavy atom. The molecule has 0 spiro atoms. The number of nitrogens with one attached hydrogen (secondary N) is 1. The number of rotatable bonds is 10. The first kappa shape index (κ1) is 26.6. The van der Waals surface area contributed by atoms with Crippen LogP contribution in [0.4, 0.5) is 0 Å². The Bertz CT molecular complexity index is 1460. The smallest absolute Gasteiger partial charge is 0.309 e. The van der Waals surface area contributed by atoms with Gasteiger partial charge in [0.1, 0.15) is 11.8 Å². The van der Waals surface area contributed by atoms with Gasteiger partial charge in [0, 0.05) is 36.1 Å². The monoisotopic (exact) mass is 530 g/mol. The minimum Gasteiger partial charge on any atom is -0.494 e. The van der Waals surface area contributed by atoms with Gasteiger partial charge in [-0.25, -0.2) is 4.68 Å². The first-order valence-electron chi connectivity index (χ1n) is 13.6. The van der Waals surface area contributed by atoms with Gasteiger partial charge in [0.25, 0.3) is 5.56 Å². The summed E-state index contributed by atoms with van der Waals surface area (Å²) in [7, 11) is 0. The van der Waals surface area contributed by atoms with E-state index in [2.05, 4.69) is 37.5 Å². The molecule has 2 aromatic carbocycles. The lowest BCUT2D eigenvalue weighted by Crippen LogP contribution is -2.42. The summed E-state index contributed by atoms with van der Waals surface area (Å²) in [6.45, 7) is 6.47. The third-order valence-corrected chi connectivity index (χ3v) is 7.22. The second-order valence-corrected chi connectivity index (χ2v) is 9.70. The summed E-state index contributed by atoms with van der Waals surface area (Å²) in [5.41, 5.74) is 2.27. The molecular formula is C29H34N6O4. The minimum absolute atomic E-state index is 0.153. The van der Waals surface area contributed by atoms with Crippen LogP contribution in [0.25, 0.3) is 10.9 Å². The van der Waals surface area contributed by atoms with Gasteiger partial charge in [-0.05, 0) is 73.4 Å². The maximum Gasteiger partial charge on any atom is 0.309 e. The number of esters is 1. The molecule has 39 heavy (non-hydrogen) atoms. The van der Waals surface area contributed by atoms with Crippen molar-refractivity contribution < 1.29 is 14.3 Å². The van der Waals surface area contributed by atoms with Crippen molar-refractivity contribution in [1.82, 2.24) is 30.1 Å². The van der Waals surface area contributed by atoms with E-state index in [0.717, 1.165) is 23.1 Å². The van der Waals surface area contributed by atoms with E-state index in [1.54, 1.807) is 4.68 Å². The van der Waals surface area contributed by atoms with E-state index in [9.17, 15) is 9.59 Å². The summed E-state index contributed by atoms with van der Waals surface area (Å²) in [5, 5.41) is 13.6. The van der Waals surface area contributed by atoms with Crippen molar-refractivity contribution in [2.45, 2.75) is 45.7 Å². The number of hydrogen-bond donors (Lipinski definition) is 1. The highest BCUT2D eigenvalue weighted by Gasteiger charge is 2.35. The normalized spacial score (nSPS) is 15.3. The number of fused-ring (bicyclic) bond motifs is 1. The van der Waals surface area contributed by atoms with Gasteiger partial charge in [0.2, 0.25) is 0 Å². The molecule has 1 fully saturated rings. The summed E-state index contributed by atoms with van der Waals surface area (Å²) >= 11 is 0. The second-order valence-electron chi connectivity index (χ2n) is 9.70.